The Balaban J connectivity index is 1.75. The molecule has 11 nitrogen and oxygen atoms in total. The van der Waals surface area contributed by atoms with E-state index >= 15 is 0 Å². The van der Waals surface area contributed by atoms with Gasteiger partial charge in [-0.05, 0) is 12.1 Å². The number of nitrogens with zero attached hydrogens (tertiary/aromatic N) is 6. The van der Waals surface area contributed by atoms with Crippen molar-refractivity contribution < 1.29 is 14.1 Å². The van der Waals surface area contributed by atoms with E-state index in [1.54, 1.807) is 30.3 Å². The highest BCUT2D eigenvalue weighted by Crippen LogP contribution is 2.12. The Labute approximate surface area is 157 Å². The van der Waals surface area contributed by atoms with Crippen LogP contribution in [0.2, 0.25) is 0 Å². The number of aromatic nitrogens is 5. The molecule has 0 atom stereocenters. The smallest absolute Gasteiger partial charge is 0.351 e. The van der Waals surface area contributed by atoms with Crippen LogP contribution in [0.15, 0.2) is 44.4 Å². The lowest BCUT2D eigenvalue weighted by atomic mass is 10.3. The number of benzene rings is 1. The van der Waals surface area contributed by atoms with Crippen LogP contribution in [0.1, 0.15) is 10.7 Å². The molecule has 0 radical (unpaired) electrons. The average Bonchev–Trinajstić information content (AvgIpc) is 3.23. The van der Waals surface area contributed by atoms with Crippen LogP contribution in [0.4, 0.5) is 0 Å². The summed E-state index contributed by atoms with van der Waals surface area (Å²) in [5.74, 6) is -0.865. The molecule has 11 heteroatoms. The highest BCUT2D eigenvalue weighted by molar-refractivity contribution is 5.90. The van der Waals surface area contributed by atoms with E-state index in [0.717, 1.165) is 9.25 Å². The first kappa shape index (κ1) is 17.8. The average molecular weight is 384 g/mol. The fourth-order valence-electron chi connectivity index (χ4n) is 2.76. The Bertz CT molecular complexity index is 1130. The molecule has 3 heterocycles. The number of hydrogen-bond acceptors (Lipinski definition) is 8. The van der Waals surface area contributed by atoms with E-state index in [0.29, 0.717) is 32.0 Å². The van der Waals surface area contributed by atoms with Crippen LogP contribution in [0.3, 0.4) is 0 Å². The third kappa shape index (κ3) is 3.11. The van der Waals surface area contributed by atoms with E-state index in [1.165, 1.54) is 11.9 Å². The molecule has 1 fully saturated rings. The summed E-state index contributed by atoms with van der Waals surface area (Å²) in [4.78, 5) is 42.9. The summed E-state index contributed by atoms with van der Waals surface area (Å²) in [6, 6.07) is 8.61. The quantitative estimate of drug-likeness (QED) is 0.589. The molecule has 0 bridgehead atoms. The number of amides is 1. The molecule has 1 aliphatic rings. The minimum Gasteiger partial charge on any atom is -0.378 e. The summed E-state index contributed by atoms with van der Waals surface area (Å²) >= 11 is 0. The minimum absolute atomic E-state index is 0.165. The van der Waals surface area contributed by atoms with Crippen molar-refractivity contribution in [1.82, 2.24) is 29.4 Å². The monoisotopic (exact) mass is 384 g/mol. The Hall–Kier alpha value is -3.60. The lowest BCUT2D eigenvalue weighted by Crippen LogP contribution is -2.41. The summed E-state index contributed by atoms with van der Waals surface area (Å²) in [7, 11) is 1.33. The van der Waals surface area contributed by atoms with Gasteiger partial charge in [-0.25, -0.2) is 4.79 Å². The van der Waals surface area contributed by atoms with Gasteiger partial charge in [-0.3, -0.25) is 14.2 Å². The Kier molecular flexibility index (Phi) is 4.57. The summed E-state index contributed by atoms with van der Waals surface area (Å²) in [6.07, 6.45) is 0. The highest BCUT2D eigenvalue weighted by Gasteiger charge is 2.26. The maximum absolute atomic E-state index is 12.5. The molecule has 3 aromatic rings. The Morgan fingerprint density at radius 1 is 1.11 bits per heavy atom. The number of hydrogen-bond donors (Lipinski definition) is 0. The summed E-state index contributed by atoms with van der Waals surface area (Å²) in [5, 5.41) is 7.81. The lowest BCUT2D eigenvalue weighted by molar-refractivity contribution is 0.0272. The lowest BCUT2D eigenvalue weighted by Gasteiger charge is -2.25. The van der Waals surface area contributed by atoms with Crippen LogP contribution in [0.5, 0.6) is 0 Å². The van der Waals surface area contributed by atoms with E-state index < -0.39 is 17.2 Å². The Morgan fingerprint density at radius 3 is 2.54 bits per heavy atom. The van der Waals surface area contributed by atoms with E-state index in [4.69, 9.17) is 9.26 Å². The van der Waals surface area contributed by atoms with Gasteiger partial charge in [0.25, 0.3) is 5.56 Å². The number of ether oxygens (including phenoxy) is 1. The first-order chi connectivity index (χ1) is 13.6. The van der Waals surface area contributed by atoms with Crippen molar-refractivity contribution >= 4 is 5.91 Å². The van der Waals surface area contributed by atoms with Gasteiger partial charge in [-0.1, -0.05) is 23.4 Å². The van der Waals surface area contributed by atoms with Crippen molar-refractivity contribution in [3.05, 3.63) is 57.1 Å². The predicted octanol–water partition coefficient (Wildman–Crippen LogP) is -0.546. The standard InChI is InChI=1S/C17H16N6O5/c1-21-15(24)12(19-23(17(21)26)11-5-3-2-4-6-11)13-18-14(28-20-13)16(25)22-7-9-27-10-8-22/h2-6H,7-10H2,1H3. The normalized spacial score (nSPS) is 14.2. The molecule has 1 aliphatic heterocycles. The summed E-state index contributed by atoms with van der Waals surface area (Å²) < 4.78 is 12.2. The molecule has 144 valence electrons. The van der Waals surface area contributed by atoms with E-state index in [2.05, 4.69) is 15.2 Å². The molecule has 0 N–H and O–H groups in total. The third-order valence-electron chi connectivity index (χ3n) is 4.30. The molecule has 4 rings (SSSR count). The second-order valence-corrected chi connectivity index (χ2v) is 6.07. The number of carbonyl (C=O) groups is 1. The molecule has 28 heavy (non-hydrogen) atoms. The molecule has 1 amide bonds. The molecular formula is C17H16N6O5. The number of carbonyl (C=O) groups excluding carboxylic acids is 1. The van der Waals surface area contributed by atoms with E-state index in [9.17, 15) is 14.4 Å². The number of morpholine rings is 1. The minimum atomic E-state index is -0.691. The van der Waals surface area contributed by atoms with Gasteiger partial charge in [-0.2, -0.15) is 14.8 Å². The topological polar surface area (TPSA) is 125 Å². The SMILES string of the molecule is Cn1c(=O)c(-c2noc(C(=O)N3CCOCC3)n2)nn(-c2ccccc2)c1=O. The van der Waals surface area contributed by atoms with Crippen molar-refractivity contribution in [3.8, 4) is 17.2 Å². The number of para-hydroxylation sites is 1. The zero-order valence-corrected chi connectivity index (χ0v) is 14.9. The van der Waals surface area contributed by atoms with E-state index in [-0.39, 0.29) is 17.4 Å². The first-order valence-electron chi connectivity index (χ1n) is 8.53. The number of rotatable bonds is 3. The van der Waals surface area contributed by atoms with Gasteiger partial charge in [0.15, 0.2) is 5.69 Å². The van der Waals surface area contributed by atoms with Gasteiger partial charge in [0.05, 0.1) is 18.9 Å². The maximum Gasteiger partial charge on any atom is 0.351 e. The van der Waals surface area contributed by atoms with Crippen LogP contribution >= 0.6 is 0 Å². The predicted molar refractivity (Wildman–Crippen MR) is 95.1 cm³/mol. The molecule has 1 saturated heterocycles. The molecular weight excluding hydrogens is 368 g/mol. The Morgan fingerprint density at radius 2 is 1.82 bits per heavy atom. The van der Waals surface area contributed by atoms with Crippen molar-refractivity contribution in [3.63, 3.8) is 0 Å². The summed E-state index contributed by atoms with van der Waals surface area (Å²) in [6.45, 7) is 1.68. The molecule has 1 aromatic carbocycles. The van der Waals surface area contributed by atoms with Gasteiger partial charge in [0.2, 0.25) is 5.82 Å². The van der Waals surface area contributed by atoms with E-state index in [1.807, 2.05) is 0 Å². The van der Waals surface area contributed by atoms with Gasteiger partial charge in [0.1, 0.15) is 0 Å². The zero-order valence-electron chi connectivity index (χ0n) is 14.9. The second kappa shape index (κ2) is 7.19. The third-order valence-corrected chi connectivity index (χ3v) is 4.30. The van der Waals surface area contributed by atoms with Crippen molar-refractivity contribution in [2.45, 2.75) is 0 Å². The fraction of sp³-hybridized carbons (Fsp3) is 0.294. The van der Waals surface area contributed by atoms with Gasteiger partial charge < -0.3 is 14.2 Å². The van der Waals surface area contributed by atoms with Crippen LogP contribution in [0.25, 0.3) is 17.2 Å². The molecule has 0 saturated carbocycles. The van der Waals surface area contributed by atoms with Gasteiger partial charge in [0, 0.05) is 20.1 Å². The first-order valence-corrected chi connectivity index (χ1v) is 8.53. The van der Waals surface area contributed by atoms with Crippen molar-refractivity contribution in [1.29, 1.82) is 0 Å². The van der Waals surface area contributed by atoms with Crippen molar-refractivity contribution in [2.75, 3.05) is 26.3 Å². The maximum atomic E-state index is 12.5. The van der Waals surface area contributed by atoms with Gasteiger partial charge >= 0.3 is 17.5 Å². The molecule has 0 unspecified atom stereocenters. The molecule has 0 spiro atoms. The second-order valence-electron chi connectivity index (χ2n) is 6.07. The van der Waals surface area contributed by atoms with Crippen LogP contribution in [0, 0.1) is 0 Å². The van der Waals surface area contributed by atoms with Crippen LogP contribution in [-0.2, 0) is 11.8 Å². The molecule has 0 aliphatic carbocycles. The van der Waals surface area contributed by atoms with Crippen LogP contribution in [-0.4, -0.2) is 61.6 Å². The largest absolute Gasteiger partial charge is 0.378 e. The zero-order chi connectivity index (χ0) is 19.7. The summed E-state index contributed by atoms with van der Waals surface area (Å²) in [5.41, 5.74) is -1.04. The highest BCUT2D eigenvalue weighted by atomic mass is 16.5. The fourth-order valence-corrected chi connectivity index (χ4v) is 2.76. The van der Waals surface area contributed by atoms with Gasteiger partial charge in [-0.15, -0.1) is 0 Å². The van der Waals surface area contributed by atoms with Crippen molar-refractivity contribution in [2.24, 2.45) is 7.05 Å². The molecule has 2 aromatic heterocycles. The van der Waals surface area contributed by atoms with Crippen LogP contribution < -0.4 is 11.2 Å².